The van der Waals surface area contributed by atoms with E-state index >= 15 is 0 Å². The van der Waals surface area contributed by atoms with Gasteiger partial charge in [0.1, 0.15) is 11.1 Å². The smallest absolute Gasteiger partial charge is 0.164 e. The molecule has 3 aromatic heterocycles. The summed E-state index contributed by atoms with van der Waals surface area (Å²) in [5.74, 6) is 1.79. The molecule has 0 aliphatic heterocycles. The van der Waals surface area contributed by atoms with E-state index in [9.17, 15) is 0 Å². The average Bonchev–Trinajstić information content (AvgIpc) is 3.53. The zero-order valence-corrected chi connectivity index (χ0v) is 25.1. The summed E-state index contributed by atoms with van der Waals surface area (Å²) in [6, 6.07) is 48.3. The third kappa shape index (κ3) is 4.03. The summed E-state index contributed by atoms with van der Waals surface area (Å²) in [5.41, 5.74) is 4.98. The molecule has 10 rings (SSSR count). The number of aromatic nitrogens is 4. The largest absolute Gasteiger partial charge is 0.454 e. The summed E-state index contributed by atoms with van der Waals surface area (Å²) in [4.78, 5) is 20.2. The first kappa shape index (κ1) is 25.8. The second kappa shape index (κ2) is 10.0. The molecule has 0 atom stereocenters. The molecule has 0 spiro atoms. The van der Waals surface area contributed by atoms with Crippen molar-refractivity contribution in [2.24, 2.45) is 0 Å². The minimum absolute atomic E-state index is 0.570. The first-order valence-electron chi connectivity index (χ1n) is 15.6. The summed E-state index contributed by atoms with van der Waals surface area (Å²) >= 11 is 0. The zero-order valence-electron chi connectivity index (χ0n) is 25.1. The number of hydrogen-bond acceptors (Lipinski definition) is 5. The van der Waals surface area contributed by atoms with Gasteiger partial charge in [0.25, 0.3) is 0 Å². The van der Waals surface area contributed by atoms with Crippen LogP contribution in [0.1, 0.15) is 0 Å². The number of furan rings is 1. The average molecular weight is 601 g/mol. The molecule has 0 saturated heterocycles. The lowest BCUT2D eigenvalue weighted by Crippen LogP contribution is -2.01. The van der Waals surface area contributed by atoms with Crippen molar-refractivity contribution in [2.75, 3.05) is 0 Å². The lowest BCUT2D eigenvalue weighted by atomic mass is 9.94. The van der Waals surface area contributed by atoms with E-state index in [0.29, 0.717) is 17.5 Å². The predicted octanol–water partition coefficient (Wildman–Crippen LogP) is 10.8. The van der Waals surface area contributed by atoms with Crippen molar-refractivity contribution in [2.45, 2.75) is 0 Å². The summed E-state index contributed by atoms with van der Waals surface area (Å²) < 4.78 is 6.19. The Morgan fingerprint density at radius 2 is 1.09 bits per heavy atom. The van der Waals surface area contributed by atoms with Gasteiger partial charge in [0, 0.05) is 22.9 Å². The van der Waals surface area contributed by atoms with E-state index in [1.54, 1.807) is 6.20 Å². The Hall–Kier alpha value is -6.46. The Kier molecular flexibility index (Phi) is 5.51. The van der Waals surface area contributed by atoms with Crippen LogP contribution in [0, 0.1) is 0 Å². The molecule has 3 heterocycles. The predicted molar refractivity (Wildman–Crippen MR) is 191 cm³/mol. The molecule has 5 nitrogen and oxygen atoms in total. The normalized spacial score (nSPS) is 11.8. The Balaban J connectivity index is 1.28. The molecule has 0 N–H and O–H groups in total. The molecule has 0 bridgehead atoms. The SMILES string of the molecule is c1ccc2cc(-c3nc(-c4cccc5c4ccc4ccc6ccccc6c45)nc(-c4cccc5oc6cccnc6c45)n3)ccc2c1. The Morgan fingerprint density at radius 3 is 2.02 bits per heavy atom. The Morgan fingerprint density at radius 1 is 0.404 bits per heavy atom. The molecule has 0 aliphatic carbocycles. The third-order valence-corrected chi connectivity index (χ3v) is 9.14. The molecule has 0 aliphatic rings. The fraction of sp³-hybridized carbons (Fsp3) is 0. The number of hydrogen-bond donors (Lipinski definition) is 0. The van der Waals surface area contributed by atoms with Crippen LogP contribution in [0.25, 0.3) is 99.3 Å². The highest BCUT2D eigenvalue weighted by Crippen LogP contribution is 2.39. The third-order valence-electron chi connectivity index (χ3n) is 9.14. The van der Waals surface area contributed by atoms with Crippen LogP contribution < -0.4 is 0 Å². The van der Waals surface area contributed by atoms with Crippen LogP contribution in [0.15, 0.2) is 150 Å². The maximum Gasteiger partial charge on any atom is 0.164 e. The molecule has 7 aromatic carbocycles. The van der Waals surface area contributed by atoms with E-state index < -0.39 is 0 Å². The van der Waals surface area contributed by atoms with Crippen molar-refractivity contribution < 1.29 is 4.42 Å². The van der Waals surface area contributed by atoms with E-state index in [1.165, 1.54) is 26.9 Å². The molecule has 5 heteroatoms. The monoisotopic (exact) mass is 600 g/mol. The minimum Gasteiger partial charge on any atom is -0.454 e. The fourth-order valence-electron chi connectivity index (χ4n) is 6.96. The van der Waals surface area contributed by atoms with Crippen LogP contribution in [-0.2, 0) is 0 Å². The second-order valence-electron chi connectivity index (χ2n) is 11.9. The lowest BCUT2D eigenvalue weighted by Gasteiger charge is -2.13. The van der Waals surface area contributed by atoms with Crippen molar-refractivity contribution in [1.29, 1.82) is 0 Å². The van der Waals surface area contributed by atoms with E-state index in [0.717, 1.165) is 54.9 Å². The molecule has 10 aromatic rings. The number of rotatable bonds is 3. The van der Waals surface area contributed by atoms with E-state index in [-0.39, 0.29) is 0 Å². The van der Waals surface area contributed by atoms with Gasteiger partial charge in [-0.1, -0.05) is 115 Å². The van der Waals surface area contributed by atoms with Crippen molar-refractivity contribution in [3.8, 4) is 34.2 Å². The maximum atomic E-state index is 6.19. The molecule has 47 heavy (non-hydrogen) atoms. The Labute approximate surface area is 268 Å². The van der Waals surface area contributed by atoms with Crippen LogP contribution >= 0.6 is 0 Å². The van der Waals surface area contributed by atoms with Gasteiger partial charge in [0.05, 0.1) is 5.39 Å². The van der Waals surface area contributed by atoms with E-state index in [2.05, 4.69) is 114 Å². The van der Waals surface area contributed by atoms with E-state index in [1.807, 2.05) is 30.3 Å². The zero-order chi connectivity index (χ0) is 30.9. The van der Waals surface area contributed by atoms with Gasteiger partial charge in [0.2, 0.25) is 0 Å². The molecule has 0 unspecified atom stereocenters. The number of fused-ring (bicyclic) bond motifs is 9. The topological polar surface area (TPSA) is 64.7 Å². The van der Waals surface area contributed by atoms with Crippen LogP contribution in [-0.4, -0.2) is 19.9 Å². The highest BCUT2D eigenvalue weighted by Gasteiger charge is 2.19. The summed E-state index contributed by atoms with van der Waals surface area (Å²) in [5, 5.41) is 10.3. The maximum absolute atomic E-state index is 6.19. The van der Waals surface area contributed by atoms with Gasteiger partial charge in [-0.2, -0.15) is 0 Å². The van der Waals surface area contributed by atoms with Gasteiger partial charge in [-0.25, -0.2) is 15.0 Å². The highest BCUT2D eigenvalue weighted by molar-refractivity contribution is 6.22. The lowest BCUT2D eigenvalue weighted by molar-refractivity contribution is 0.668. The van der Waals surface area contributed by atoms with Gasteiger partial charge in [-0.3, -0.25) is 4.98 Å². The van der Waals surface area contributed by atoms with Crippen LogP contribution in [0.5, 0.6) is 0 Å². The highest BCUT2D eigenvalue weighted by atomic mass is 16.3. The molecule has 0 fully saturated rings. The van der Waals surface area contributed by atoms with Gasteiger partial charge < -0.3 is 4.42 Å². The van der Waals surface area contributed by atoms with E-state index in [4.69, 9.17) is 19.4 Å². The summed E-state index contributed by atoms with van der Waals surface area (Å²) in [6.07, 6.45) is 1.79. The molecular formula is C42H24N4O. The first-order valence-corrected chi connectivity index (χ1v) is 15.6. The fourth-order valence-corrected chi connectivity index (χ4v) is 6.96. The summed E-state index contributed by atoms with van der Waals surface area (Å²) in [7, 11) is 0. The van der Waals surface area contributed by atoms with Crippen LogP contribution in [0.3, 0.4) is 0 Å². The molecule has 0 saturated carbocycles. The standard InChI is InChI=1S/C42H24N4O/c1-2-10-28-24-29(20-17-25(28)8-1)40-44-41(46-42(45-40)34-14-6-15-35-38(34)39-36(47-35)16-7-23-43-39)33-13-5-12-32-31(33)22-21-27-19-18-26-9-3-4-11-30(26)37(27)32/h1-24H. The Bertz CT molecular complexity index is 2870. The van der Waals surface area contributed by atoms with Crippen molar-refractivity contribution in [3.05, 3.63) is 146 Å². The van der Waals surface area contributed by atoms with Crippen molar-refractivity contribution in [3.63, 3.8) is 0 Å². The molecule has 218 valence electrons. The number of nitrogens with zero attached hydrogens (tertiary/aromatic N) is 4. The molecule has 0 amide bonds. The quantitative estimate of drug-likeness (QED) is 0.189. The molecule has 0 radical (unpaired) electrons. The molecular weight excluding hydrogens is 576 g/mol. The minimum atomic E-state index is 0.570. The van der Waals surface area contributed by atoms with Crippen molar-refractivity contribution >= 4 is 65.2 Å². The number of pyridine rings is 1. The van der Waals surface area contributed by atoms with Crippen LogP contribution in [0.4, 0.5) is 0 Å². The van der Waals surface area contributed by atoms with Gasteiger partial charge in [-0.05, 0) is 67.4 Å². The van der Waals surface area contributed by atoms with Crippen molar-refractivity contribution in [1.82, 2.24) is 19.9 Å². The van der Waals surface area contributed by atoms with Gasteiger partial charge in [0.15, 0.2) is 23.1 Å². The van der Waals surface area contributed by atoms with Gasteiger partial charge in [-0.15, -0.1) is 0 Å². The summed E-state index contributed by atoms with van der Waals surface area (Å²) in [6.45, 7) is 0. The second-order valence-corrected chi connectivity index (χ2v) is 11.9. The van der Waals surface area contributed by atoms with Crippen LogP contribution in [0.2, 0.25) is 0 Å². The van der Waals surface area contributed by atoms with Gasteiger partial charge >= 0.3 is 0 Å². The number of benzene rings is 7. The first-order chi connectivity index (χ1) is 23.3.